The van der Waals surface area contributed by atoms with E-state index in [0.717, 1.165) is 17.3 Å². The van der Waals surface area contributed by atoms with E-state index >= 15 is 0 Å². The summed E-state index contributed by atoms with van der Waals surface area (Å²) in [5, 5.41) is 0. The fraction of sp³-hybridized carbons (Fsp3) is 0.400. The molecule has 1 heterocycles. The van der Waals surface area contributed by atoms with Crippen molar-refractivity contribution in [2.75, 3.05) is 0 Å². The van der Waals surface area contributed by atoms with Gasteiger partial charge in [-0.1, -0.05) is 30.3 Å². The Morgan fingerprint density at radius 1 is 1.05 bits per heavy atom. The SMILES string of the molecule is CC1(C)OB(c2ccccc2/C=C\C=O)OC1(C)C. The molecule has 1 aromatic rings. The Balaban J connectivity index is 2.34. The number of carbonyl (C=O) groups excluding carboxylic acids is 1. The quantitative estimate of drug-likeness (QED) is 0.473. The van der Waals surface area contributed by atoms with Crippen LogP contribution in [0.2, 0.25) is 0 Å². The molecule has 1 aliphatic rings. The fourth-order valence-electron chi connectivity index (χ4n) is 1.99. The first-order chi connectivity index (χ1) is 8.87. The second-order valence-electron chi connectivity index (χ2n) is 5.71. The number of rotatable bonds is 3. The molecule has 0 aliphatic carbocycles. The van der Waals surface area contributed by atoms with Crippen molar-refractivity contribution in [1.82, 2.24) is 0 Å². The van der Waals surface area contributed by atoms with Crippen LogP contribution in [-0.4, -0.2) is 24.6 Å². The van der Waals surface area contributed by atoms with Crippen LogP contribution in [0, 0.1) is 0 Å². The standard InChI is InChI=1S/C15H19BO3/c1-14(2)15(3,4)19-16(18-14)13-10-6-5-8-12(13)9-7-11-17/h5-11H,1-4H3/b9-7-. The first-order valence-electron chi connectivity index (χ1n) is 6.44. The van der Waals surface area contributed by atoms with Gasteiger partial charge in [0.25, 0.3) is 0 Å². The average molecular weight is 258 g/mol. The van der Waals surface area contributed by atoms with E-state index in [0.29, 0.717) is 0 Å². The van der Waals surface area contributed by atoms with Crippen LogP contribution >= 0.6 is 0 Å². The first-order valence-corrected chi connectivity index (χ1v) is 6.44. The molecule has 0 bridgehead atoms. The Hall–Kier alpha value is -1.39. The predicted molar refractivity (Wildman–Crippen MR) is 77.3 cm³/mol. The van der Waals surface area contributed by atoms with Crippen molar-refractivity contribution in [3.63, 3.8) is 0 Å². The monoisotopic (exact) mass is 258 g/mol. The van der Waals surface area contributed by atoms with Gasteiger partial charge in [0, 0.05) is 0 Å². The highest BCUT2D eigenvalue weighted by atomic mass is 16.7. The molecular weight excluding hydrogens is 239 g/mol. The van der Waals surface area contributed by atoms with Gasteiger partial charge in [0.2, 0.25) is 0 Å². The maximum absolute atomic E-state index is 10.5. The van der Waals surface area contributed by atoms with Gasteiger partial charge in [-0.05, 0) is 44.8 Å². The van der Waals surface area contributed by atoms with Crippen LogP contribution in [0.15, 0.2) is 30.3 Å². The Morgan fingerprint density at radius 3 is 2.21 bits per heavy atom. The van der Waals surface area contributed by atoms with Crippen LogP contribution in [0.5, 0.6) is 0 Å². The second-order valence-corrected chi connectivity index (χ2v) is 5.71. The Labute approximate surface area is 114 Å². The van der Waals surface area contributed by atoms with Crippen molar-refractivity contribution < 1.29 is 14.1 Å². The summed E-state index contributed by atoms with van der Waals surface area (Å²) in [6, 6.07) is 7.78. The summed E-state index contributed by atoms with van der Waals surface area (Å²) in [4.78, 5) is 10.5. The highest BCUT2D eigenvalue weighted by Gasteiger charge is 2.52. The molecule has 19 heavy (non-hydrogen) atoms. The van der Waals surface area contributed by atoms with Gasteiger partial charge >= 0.3 is 7.12 Å². The van der Waals surface area contributed by atoms with E-state index in [2.05, 4.69) is 0 Å². The van der Waals surface area contributed by atoms with Gasteiger partial charge in [0.1, 0.15) is 6.29 Å². The van der Waals surface area contributed by atoms with Crippen LogP contribution in [0.25, 0.3) is 6.08 Å². The lowest BCUT2D eigenvalue weighted by Gasteiger charge is -2.32. The number of benzene rings is 1. The van der Waals surface area contributed by atoms with E-state index in [4.69, 9.17) is 9.31 Å². The Bertz CT molecular complexity index is 490. The Kier molecular flexibility index (Phi) is 3.65. The van der Waals surface area contributed by atoms with Crippen LogP contribution in [0.4, 0.5) is 0 Å². The largest absolute Gasteiger partial charge is 0.495 e. The maximum atomic E-state index is 10.5. The number of aldehydes is 1. The third-order valence-corrected chi connectivity index (χ3v) is 3.86. The number of allylic oxidation sites excluding steroid dienone is 1. The molecule has 0 amide bonds. The molecule has 0 N–H and O–H groups in total. The summed E-state index contributed by atoms with van der Waals surface area (Å²) in [7, 11) is -0.405. The van der Waals surface area contributed by atoms with Crippen LogP contribution in [-0.2, 0) is 14.1 Å². The van der Waals surface area contributed by atoms with E-state index in [9.17, 15) is 4.79 Å². The van der Waals surface area contributed by atoms with Gasteiger partial charge in [0.05, 0.1) is 11.2 Å². The normalized spacial score (nSPS) is 20.9. The Morgan fingerprint density at radius 2 is 1.63 bits per heavy atom. The minimum Gasteiger partial charge on any atom is -0.399 e. The third-order valence-electron chi connectivity index (χ3n) is 3.86. The molecule has 1 aromatic carbocycles. The molecule has 1 saturated heterocycles. The van der Waals surface area contributed by atoms with E-state index < -0.39 is 7.12 Å². The number of hydrogen-bond donors (Lipinski definition) is 0. The van der Waals surface area contributed by atoms with E-state index in [1.807, 2.05) is 52.0 Å². The van der Waals surface area contributed by atoms with E-state index in [-0.39, 0.29) is 11.2 Å². The van der Waals surface area contributed by atoms with E-state index in [1.165, 1.54) is 6.08 Å². The van der Waals surface area contributed by atoms with Crippen molar-refractivity contribution in [2.24, 2.45) is 0 Å². The van der Waals surface area contributed by atoms with Crippen LogP contribution in [0.3, 0.4) is 0 Å². The molecule has 4 heteroatoms. The van der Waals surface area contributed by atoms with Crippen molar-refractivity contribution in [1.29, 1.82) is 0 Å². The highest BCUT2D eigenvalue weighted by Crippen LogP contribution is 2.36. The zero-order chi connectivity index (χ0) is 14.1. The summed E-state index contributed by atoms with van der Waals surface area (Å²) in [5.74, 6) is 0. The van der Waals surface area contributed by atoms with Gasteiger partial charge in [-0.2, -0.15) is 0 Å². The van der Waals surface area contributed by atoms with Gasteiger partial charge < -0.3 is 9.31 Å². The molecule has 0 spiro atoms. The summed E-state index contributed by atoms with van der Waals surface area (Å²) >= 11 is 0. The fourth-order valence-corrected chi connectivity index (χ4v) is 1.99. The first kappa shape index (κ1) is 14.0. The van der Waals surface area contributed by atoms with Crippen molar-refractivity contribution >= 4 is 24.9 Å². The van der Waals surface area contributed by atoms with Crippen LogP contribution < -0.4 is 5.46 Å². The summed E-state index contributed by atoms with van der Waals surface area (Å²) in [6.07, 6.45) is 4.01. The summed E-state index contributed by atoms with van der Waals surface area (Å²) in [5.41, 5.74) is 1.16. The lowest BCUT2D eigenvalue weighted by atomic mass is 9.76. The number of hydrogen-bond acceptors (Lipinski definition) is 3. The lowest BCUT2D eigenvalue weighted by molar-refractivity contribution is -0.104. The molecule has 0 aromatic heterocycles. The van der Waals surface area contributed by atoms with Crippen molar-refractivity contribution in [3.8, 4) is 0 Å². The van der Waals surface area contributed by atoms with Gasteiger partial charge in [0.15, 0.2) is 0 Å². The third kappa shape index (κ3) is 2.65. The molecule has 2 rings (SSSR count). The predicted octanol–water partition coefficient (Wildman–Crippen LogP) is 2.20. The average Bonchev–Trinajstić information content (AvgIpc) is 2.56. The number of carbonyl (C=O) groups is 1. The van der Waals surface area contributed by atoms with Crippen LogP contribution in [0.1, 0.15) is 33.3 Å². The molecule has 100 valence electrons. The summed E-state index contributed by atoms with van der Waals surface area (Å²) in [6.45, 7) is 8.10. The molecule has 0 atom stereocenters. The zero-order valence-corrected chi connectivity index (χ0v) is 11.8. The molecule has 0 unspecified atom stereocenters. The molecule has 3 nitrogen and oxygen atoms in total. The van der Waals surface area contributed by atoms with Crippen molar-refractivity contribution in [2.45, 2.75) is 38.9 Å². The van der Waals surface area contributed by atoms with Crippen molar-refractivity contribution in [3.05, 3.63) is 35.9 Å². The molecule has 0 saturated carbocycles. The van der Waals surface area contributed by atoms with E-state index in [1.54, 1.807) is 6.08 Å². The zero-order valence-electron chi connectivity index (χ0n) is 11.8. The second kappa shape index (κ2) is 4.95. The maximum Gasteiger partial charge on any atom is 0.495 e. The smallest absolute Gasteiger partial charge is 0.399 e. The topological polar surface area (TPSA) is 35.5 Å². The lowest BCUT2D eigenvalue weighted by Crippen LogP contribution is -2.41. The molecular formula is C15H19BO3. The minimum absolute atomic E-state index is 0.362. The molecule has 1 fully saturated rings. The van der Waals surface area contributed by atoms with Gasteiger partial charge in [-0.25, -0.2) is 0 Å². The van der Waals surface area contributed by atoms with Gasteiger partial charge in [-0.3, -0.25) is 4.79 Å². The highest BCUT2D eigenvalue weighted by molar-refractivity contribution is 6.63. The summed E-state index contributed by atoms with van der Waals surface area (Å²) < 4.78 is 12.1. The molecule has 1 aliphatic heterocycles. The minimum atomic E-state index is -0.405. The molecule has 0 radical (unpaired) electrons. The van der Waals surface area contributed by atoms with Gasteiger partial charge in [-0.15, -0.1) is 0 Å².